The van der Waals surface area contributed by atoms with Crippen LogP contribution >= 0.6 is 45.8 Å². The molecule has 0 aliphatic carbocycles. The number of halogens is 3. The molecule has 2 N–H and O–H groups in total. The first-order chi connectivity index (χ1) is 9.49. The Labute approximate surface area is 143 Å². The van der Waals surface area contributed by atoms with E-state index in [0.29, 0.717) is 38.1 Å². The molecule has 0 aliphatic heterocycles. The Bertz CT molecular complexity index is 463. The first-order valence-electron chi connectivity index (χ1n) is 6.53. The zero-order valence-electron chi connectivity index (χ0n) is 11.3. The van der Waals surface area contributed by atoms with E-state index in [1.165, 1.54) is 0 Å². The van der Waals surface area contributed by atoms with Gasteiger partial charge in [-0.25, -0.2) is 0 Å². The Morgan fingerprint density at radius 2 is 2.10 bits per heavy atom. The number of aliphatic hydroxyl groups excluding tert-OH is 1. The molecule has 1 aromatic carbocycles. The second kappa shape index (κ2) is 9.07. The van der Waals surface area contributed by atoms with Gasteiger partial charge in [0.15, 0.2) is 0 Å². The molecule has 0 radical (unpaired) electrons. The van der Waals surface area contributed by atoms with Crippen LogP contribution in [0.25, 0.3) is 0 Å². The zero-order chi connectivity index (χ0) is 15.1. The summed E-state index contributed by atoms with van der Waals surface area (Å²) >= 11 is 14.0. The van der Waals surface area contributed by atoms with Gasteiger partial charge in [-0.2, -0.15) is 0 Å². The van der Waals surface area contributed by atoms with Crippen molar-refractivity contribution in [1.82, 2.24) is 5.32 Å². The van der Waals surface area contributed by atoms with Gasteiger partial charge < -0.3 is 10.4 Å². The molecule has 0 aliphatic rings. The van der Waals surface area contributed by atoms with Gasteiger partial charge in [0.25, 0.3) is 5.91 Å². The summed E-state index contributed by atoms with van der Waals surface area (Å²) in [4.78, 5) is 12.2. The number of benzene rings is 1. The van der Waals surface area contributed by atoms with Crippen LogP contribution in [-0.2, 0) is 0 Å². The van der Waals surface area contributed by atoms with E-state index in [1.807, 2.05) is 22.6 Å². The van der Waals surface area contributed by atoms with Crippen LogP contribution in [0.2, 0.25) is 10.0 Å². The molecular weight excluding hydrogens is 412 g/mol. The number of aliphatic hydroxyl groups is 1. The van der Waals surface area contributed by atoms with Gasteiger partial charge in [0, 0.05) is 21.7 Å². The predicted octanol–water partition coefficient (Wildman–Crippen LogP) is 4.13. The Balaban J connectivity index is 2.71. The highest BCUT2D eigenvalue weighted by Gasteiger charge is 2.15. The summed E-state index contributed by atoms with van der Waals surface area (Å²) in [5, 5.41) is 12.8. The van der Waals surface area contributed by atoms with Crippen LogP contribution < -0.4 is 5.32 Å². The van der Waals surface area contributed by atoms with Gasteiger partial charge >= 0.3 is 0 Å². The Morgan fingerprint density at radius 3 is 2.70 bits per heavy atom. The molecule has 20 heavy (non-hydrogen) atoms. The molecule has 0 heterocycles. The average molecular weight is 430 g/mol. The Morgan fingerprint density at radius 1 is 1.40 bits per heavy atom. The van der Waals surface area contributed by atoms with Crippen molar-refractivity contribution in [2.75, 3.05) is 13.2 Å². The molecule has 0 fully saturated rings. The maximum Gasteiger partial charge on any atom is 0.252 e. The third-order valence-corrected chi connectivity index (χ3v) is 5.02. The summed E-state index contributed by atoms with van der Waals surface area (Å²) in [5.74, 6) is 0.110. The highest BCUT2D eigenvalue weighted by atomic mass is 127. The lowest BCUT2D eigenvalue weighted by Gasteiger charge is -2.16. The summed E-state index contributed by atoms with van der Waals surface area (Å²) in [6.45, 7) is 2.78. The maximum absolute atomic E-state index is 12.2. The molecule has 1 atom stereocenters. The molecule has 3 nitrogen and oxygen atoms in total. The van der Waals surface area contributed by atoms with Crippen LogP contribution in [0.5, 0.6) is 0 Å². The number of carbonyl (C=O) groups is 1. The van der Waals surface area contributed by atoms with E-state index < -0.39 is 0 Å². The number of rotatable bonds is 7. The molecule has 0 aromatic heterocycles. The minimum absolute atomic E-state index is 0.140. The van der Waals surface area contributed by atoms with Crippen LogP contribution in [0.1, 0.15) is 36.5 Å². The number of hydrogen-bond donors (Lipinski definition) is 2. The van der Waals surface area contributed by atoms with E-state index in [1.54, 1.807) is 12.1 Å². The molecule has 0 saturated carbocycles. The predicted molar refractivity (Wildman–Crippen MR) is 91.6 cm³/mol. The van der Waals surface area contributed by atoms with Crippen LogP contribution in [0.4, 0.5) is 0 Å². The molecule has 0 bridgehead atoms. The number of hydrogen-bond acceptors (Lipinski definition) is 2. The van der Waals surface area contributed by atoms with Crippen LogP contribution in [0, 0.1) is 9.49 Å². The second-order valence-electron chi connectivity index (χ2n) is 4.63. The lowest BCUT2D eigenvalue weighted by molar-refractivity contribution is 0.0942. The molecule has 0 saturated heterocycles. The topological polar surface area (TPSA) is 49.3 Å². The molecule has 1 rings (SSSR count). The quantitative estimate of drug-likeness (QED) is 0.505. The van der Waals surface area contributed by atoms with E-state index in [9.17, 15) is 4.79 Å². The van der Waals surface area contributed by atoms with Crippen molar-refractivity contribution in [2.24, 2.45) is 5.92 Å². The van der Waals surface area contributed by atoms with E-state index in [-0.39, 0.29) is 12.5 Å². The van der Waals surface area contributed by atoms with Gasteiger partial charge in [0.1, 0.15) is 0 Å². The van der Waals surface area contributed by atoms with Crippen molar-refractivity contribution < 1.29 is 9.90 Å². The molecule has 6 heteroatoms. The fraction of sp³-hybridized carbons (Fsp3) is 0.500. The van der Waals surface area contributed by atoms with Crippen LogP contribution in [0.3, 0.4) is 0 Å². The van der Waals surface area contributed by atoms with Crippen molar-refractivity contribution in [1.29, 1.82) is 0 Å². The number of carbonyl (C=O) groups excluding carboxylic acids is 1. The van der Waals surface area contributed by atoms with Gasteiger partial charge in [0.2, 0.25) is 0 Å². The number of nitrogens with one attached hydrogen (secondary N) is 1. The van der Waals surface area contributed by atoms with Gasteiger partial charge in [-0.15, -0.1) is 0 Å². The van der Waals surface area contributed by atoms with Gasteiger partial charge in [-0.05, 0) is 53.5 Å². The lowest BCUT2D eigenvalue weighted by Crippen LogP contribution is -2.30. The van der Waals surface area contributed by atoms with Gasteiger partial charge in [-0.3, -0.25) is 4.79 Å². The minimum atomic E-state index is -0.183. The average Bonchev–Trinajstić information content (AvgIpc) is 2.40. The lowest BCUT2D eigenvalue weighted by atomic mass is 10.00. The molecular formula is C14H18Cl2INO2. The first kappa shape index (κ1) is 18.0. The Kier molecular flexibility index (Phi) is 8.17. The maximum atomic E-state index is 12.2. The monoisotopic (exact) mass is 429 g/mol. The molecule has 1 unspecified atom stereocenters. The third-order valence-electron chi connectivity index (χ3n) is 3.02. The summed E-state index contributed by atoms with van der Waals surface area (Å²) in [6.07, 6.45) is 2.71. The summed E-state index contributed by atoms with van der Waals surface area (Å²) in [5.41, 5.74) is 0.488. The normalized spacial score (nSPS) is 12.2. The summed E-state index contributed by atoms with van der Waals surface area (Å²) < 4.78 is 0.695. The first-order valence-corrected chi connectivity index (χ1v) is 8.36. The summed E-state index contributed by atoms with van der Waals surface area (Å²) in [6, 6.07) is 3.23. The van der Waals surface area contributed by atoms with Crippen molar-refractivity contribution in [2.45, 2.75) is 26.2 Å². The molecule has 112 valence electrons. The Hall–Kier alpha value is -0.0400. The highest BCUT2D eigenvalue weighted by molar-refractivity contribution is 14.1. The van der Waals surface area contributed by atoms with E-state index in [4.69, 9.17) is 28.3 Å². The highest BCUT2D eigenvalue weighted by Crippen LogP contribution is 2.26. The largest absolute Gasteiger partial charge is 0.396 e. The standard InChI is InChI=1S/C14H18Cl2INO2/c1-2-3-9(4-5-19)8-18-14(20)11-6-10(15)7-12(16)13(11)17/h6-7,9,19H,2-5,8H2,1H3,(H,18,20). The SMILES string of the molecule is CCCC(CCO)CNC(=O)c1cc(Cl)cc(Cl)c1I. The third kappa shape index (κ3) is 5.39. The fourth-order valence-electron chi connectivity index (χ4n) is 1.99. The van der Waals surface area contributed by atoms with Crippen molar-refractivity contribution in [3.63, 3.8) is 0 Å². The van der Waals surface area contributed by atoms with Gasteiger partial charge in [0.05, 0.1) is 10.6 Å². The fourth-order valence-corrected chi connectivity index (χ4v) is 3.04. The zero-order valence-corrected chi connectivity index (χ0v) is 14.9. The van der Waals surface area contributed by atoms with E-state index >= 15 is 0 Å². The molecule has 1 aromatic rings. The van der Waals surface area contributed by atoms with E-state index in [2.05, 4.69) is 12.2 Å². The van der Waals surface area contributed by atoms with Crippen molar-refractivity contribution >= 4 is 51.7 Å². The van der Waals surface area contributed by atoms with E-state index in [0.717, 1.165) is 12.8 Å². The summed E-state index contributed by atoms with van der Waals surface area (Å²) in [7, 11) is 0. The second-order valence-corrected chi connectivity index (χ2v) is 6.55. The van der Waals surface area contributed by atoms with Crippen molar-refractivity contribution in [3.05, 3.63) is 31.3 Å². The van der Waals surface area contributed by atoms with Gasteiger partial charge in [-0.1, -0.05) is 36.5 Å². The van der Waals surface area contributed by atoms with Crippen molar-refractivity contribution in [3.8, 4) is 0 Å². The molecule has 1 amide bonds. The number of amides is 1. The van der Waals surface area contributed by atoms with Crippen LogP contribution in [0.15, 0.2) is 12.1 Å². The minimum Gasteiger partial charge on any atom is -0.396 e. The molecule has 0 spiro atoms. The smallest absolute Gasteiger partial charge is 0.252 e. The van der Waals surface area contributed by atoms with Crippen LogP contribution in [-0.4, -0.2) is 24.2 Å².